The molecule has 5 nitrogen and oxygen atoms in total. The summed E-state index contributed by atoms with van der Waals surface area (Å²) >= 11 is 12.1. The predicted octanol–water partition coefficient (Wildman–Crippen LogP) is 2.55. The van der Waals surface area contributed by atoms with E-state index in [1.54, 1.807) is 23.1 Å². The molecule has 24 heavy (non-hydrogen) atoms. The summed E-state index contributed by atoms with van der Waals surface area (Å²) in [7, 11) is 0. The van der Waals surface area contributed by atoms with Crippen molar-refractivity contribution >= 4 is 35.0 Å². The first-order valence-corrected chi connectivity index (χ1v) is 9.03. The van der Waals surface area contributed by atoms with Crippen molar-refractivity contribution in [3.05, 3.63) is 33.8 Å². The Kier molecular flexibility index (Phi) is 5.33. The fraction of sp³-hybridized carbons (Fsp3) is 0.529. The molecule has 2 N–H and O–H groups in total. The second-order valence-corrected chi connectivity index (χ2v) is 7.29. The minimum absolute atomic E-state index is 0.0194. The van der Waals surface area contributed by atoms with Crippen molar-refractivity contribution in [2.45, 2.75) is 37.8 Å². The standard InChI is InChI=1S/C17H21Cl2N3O2/c18-11-3-4-14(19)13(10-11)16(23)22-7-1-2-15(22)17(24)21-8-5-12(20)6-9-21/h3-4,10,12,15H,1-2,5-9,20H2. The van der Waals surface area contributed by atoms with Crippen LogP contribution in [0.25, 0.3) is 0 Å². The normalized spacial score (nSPS) is 22.0. The molecule has 2 heterocycles. The maximum atomic E-state index is 12.9. The Labute approximate surface area is 151 Å². The lowest BCUT2D eigenvalue weighted by Gasteiger charge is -2.34. The summed E-state index contributed by atoms with van der Waals surface area (Å²) in [4.78, 5) is 29.2. The average Bonchev–Trinajstić information content (AvgIpc) is 3.06. The summed E-state index contributed by atoms with van der Waals surface area (Å²) in [5.41, 5.74) is 6.25. The Hall–Kier alpha value is -1.30. The van der Waals surface area contributed by atoms with Gasteiger partial charge in [0.25, 0.3) is 5.91 Å². The summed E-state index contributed by atoms with van der Waals surface area (Å²) in [5, 5.41) is 0.807. The van der Waals surface area contributed by atoms with Crippen LogP contribution in [0.1, 0.15) is 36.0 Å². The molecule has 130 valence electrons. The Morgan fingerprint density at radius 1 is 1.08 bits per heavy atom. The highest BCUT2D eigenvalue weighted by Crippen LogP contribution is 2.27. The lowest BCUT2D eigenvalue weighted by molar-refractivity contribution is -0.136. The molecule has 0 aromatic heterocycles. The van der Waals surface area contributed by atoms with Crippen molar-refractivity contribution in [3.63, 3.8) is 0 Å². The number of carbonyl (C=O) groups is 2. The Morgan fingerprint density at radius 2 is 1.79 bits per heavy atom. The third-order valence-corrected chi connectivity index (χ3v) is 5.37. The largest absolute Gasteiger partial charge is 0.341 e. The zero-order chi connectivity index (χ0) is 17.3. The van der Waals surface area contributed by atoms with Crippen molar-refractivity contribution in [2.75, 3.05) is 19.6 Å². The maximum Gasteiger partial charge on any atom is 0.256 e. The minimum Gasteiger partial charge on any atom is -0.341 e. The molecule has 1 atom stereocenters. The second kappa shape index (κ2) is 7.30. The van der Waals surface area contributed by atoms with Crippen molar-refractivity contribution in [1.82, 2.24) is 9.80 Å². The van der Waals surface area contributed by atoms with Gasteiger partial charge in [-0.25, -0.2) is 0 Å². The molecule has 2 aliphatic rings. The number of nitrogens with zero attached hydrogens (tertiary/aromatic N) is 2. The summed E-state index contributed by atoms with van der Waals surface area (Å²) in [5.74, 6) is -0.210. The van der Waals surface area contributed by atoms with Crippen molar-refractivity contribution in [1.29, 1.82) is 0 Å². The van der Waals surface area contributed by atoms with E-state index in [0.717, 1.165) is 19.3 Å². The van der Waals surface area contributed by atoms with E-state index in [9.17, 15) is 9.59 Å². The molecule has 2 amide bonds. The van der Waals surface area contributed by atoms with Gasteiger partial charge in [0, 0.05) is 30.7 Å². The number of halogens is 2. The van der Waals surface area contributed by atoms with Crippen molar-refractivity contribution in [3.8, 4) is 0 Å². The first-order chi connectivity index (χ1) is 11.5. The second-order valence-electron chi connectivity index (χ2n) is 6.44. The van der Waals surface area contributed by atoms with Crippen LogP contribution in [0, 0.1) is 0 Å². The number of carbonyl (C=O) groups excluding carboxylic acids is 2. The van der Waals surface area contributed by atoms with Gasteiger partial charge in [0.2, 0.25) is 5.91 Å². The smallest absolute Gasteiger partial charge is 0.256 e. The zero-order valence-electron chi connectivity index (χ0n) is 13.4. The number of likely N-dealkylation sites (tertiary alicyclic amines) is 2. The quantitative estimate of drug-likeness (QED) is 0.870. The van der Waals surface area contributed by atoms with Crippen LogP contribution in [0.15, 0.2) is 18.2 Å². The topological polar surface area (TPSA) is 66.6 Å². The molecule has 2 saturated heterocycles. The van der Waals surface area contributed by atoms with E-state index >= 15 is 0 Å². The average molecular weight is 370 g/mol. The number of hydrogen-bond donors (Lipinski definition) is 1. The number of benzene rings is 1. The molecule has 2 fully saturated rings. The van der Waals surface area contributed by atoms with Gasteiger partial charge in [0.15, 0.2) is 0 Å². The van der Waals surface area contributed by atoms with Gasteiger partial charge in [-0.3, -0.25) is 9.59 Å². The van der Waals surface area contributed by atoms with Gasteiger partial charge >= 0.3 is 0 Å². The van der Waals surface area contributed by atoms with Crippen LogP contribution in [0.5, 0.6) is 0 Å². The van der Waals surface area contributed by atoms with Gasteiger partial charge in [-0.15, -0.1) is 0 Å². The summed E-state index contributed by atoms with van der Waals surface area (Å²) in [6.07, 6.45) is 3.12. The van der Waals surface area contributed by atoms with Crippen LogP contribution in [0.3, 0.4) is 0 Å². The van der Waals surface area contributed by atoms with Crippen LogP contribution in [0.4, 0.5) is 0 Å². The van der Waals surface area contributed by atoms with Crippen LogP contribution in [0.2, 0.25) is 10.0 Å². The third-order valence-electron chi connectivity index (χ3n) is 4.81. The Bertz CT molecular complexity index is 645. The minimum atomic E-state index is -0.415. The predicted molar refractivity (Wildman–Crippen MR) is 94.3 cm³/mol. The molecule has 0 spiro atoms. The SMILES string of the molecule is NC1CCN(C(=O)C2CCCN2C(=O)c2cc(Cl)ccc2Cl)CC1. The Balaban J connectivity index is 1.76. The van der Waals surface area contributed by atoms with Gasteiger partial charge in [0.05, 0.1) is 10.6 Å². The van der Waals surface area contributed by atoms with Crippen molar-refractivity contribution < 1.29 is 9.59 Å². The van der Waals surface area contributed by atoms with E-state index in [2.05, 4.69) is 0 Å². The van der Waals surface area contributed by atoms with Crippen molar-refractivity contribution in [2.24, 2.45) is 5.73 Å². The van der Waals surface area contributed by atoms with Gasteiger partial charge in [-0.05, 0) is 43.9 Å². The van der Waals surface area contributed by atoms with Gasteiger partial charge in [-0.1, -0.05) is 23.2 Å². The first-order valence-electron chi connectivity index (χ1n) is 8.28. The fourth-order valence-electron chi connectivity index (χ4n) is 3.41. The van der Waals surface area contributed by atoms with E-state index in [4.69, 9.17) is 28.9 Å². The van der Waals surface area contributed by atoms with E-state index < -0.39 is 6.04 Å². The first kappa shape index (κ1) is 17.5. The van der Waals surface area contributed by atoms with E-state index in [1.165, 1.54) is 0 Å². The van der Waals surface area contributed by atoms with Gasteiger partial charge < -0.3 is 15.5 Å². The van der Waals surface area contributed by atoms with E-state index in [0.29, 0.717) is 41.7 Å². The zero-order valence-corrected chi connectivity index (χ0v) is 14.9. The molecule has 3 rings (SSSR count). The number of rotatable bonds is 2. The molecule has 1 aromatic rings. The summed E-state index contributed by atoms with van der Waals surface area (Å²) in [6, 6.07) is 4.56. The Morgan fingerprint density at radius 3 is 2.50 bits per heavy atom. The summed E-state index contributed by atoms with van der Waals surface area (Å²) < 4.78 is 0. The third kappa shape index (κ3) is 3.53. The number of piperidine rings is 1. The van der Waals surface area contributed by atoms with Crippen LogP contribution in [-0.2, 0) is 4.79 Å². The van der Waals surface area contributed by atoms with Gasteiger partial charge in [0.1, 0.15) is 6.04 Å². The summed E-state index contributed by atoms with van der Waals surface area (Å²) in [6.45, 7) is 1.89. The van der Waals surface area contributed by atoms with Crippen LogP contribution >= 0.6 is 23.2 Å². The molecule has 7 heteroatoms. The van der Waals surface area contributed by atoms with Gasteiger partial charge in [-0.2, -0.15) is 0 Å². The number of hydrogen-bond acceptors (Lipinski definition) is 3. The van der Waals surface area contributed by atoms with E-state index in [1.807, 2.05) is 4.90 Å². The van der Waals surface area contributed by atoms with Crippen LogP contribution in [-0.4, -0.2) is 53.3 Å². The molecule has 0 saturated carbocycles. The monoisotopic (exact) mass is 369 g/mol. The molecule has 0 aliphatic carbocycles. The highest BCUT2D eigenvalue weighted by atomic mass is 35.5. The maximum absolute atomic E-state index is 12.9. The fourth-order valence-corrected chi connectivity index (χ4v) is 3.78. The number of amides is 2. The highest BCUT2D eigenvalue weighted by molar-refractivity contribution is 6.35. The van der Waals surface area contributed by atoms with Crippen LogP contribution < -0.4 is 5.73 Å². The highest BCUT2D eigenvalue weighted by Gasteiger charge is 2.38. The molecular weight excluding hydrogens is 349 g/mol. The molecule has 1 unspecified atom stereocenters. The molecule has 0 bridgehead atoms. The van der Waals surface area contributed by atoms with E-state index in [-0.39, 0.29) is 17.9 Å². The lowest BCUT2D eigenvalue weighted by Crippen LogP contribution is -2.51. The molecule has 0 radical (unpaired) electrons. The molecular formula is C17H21Cl2N3O2. The molecule has 1 aromatic carbocycles. The lowest BCUT2D eigenvalue weighted by atomic mass is 10.0. The molecule has 2 aliphatic heterocycles. The number of nitrogens with two attached hydrogens (primary N) is 1.